The lowest BCUT2D eigenvalue weighted by Crippen LogP contribution is -2.49. The van der Waals surface area contributed by atoms with Crippen LogP contribution < -0.4 is 11.1 Å². The molecule has 0 aromatic carbocycles. The zero-order chi connectivity index (χ0) is 12.1. The van der Waals surface area contributed by atoms with Crippen molar-refractivity contribution in [1.82, 2.24) is 5.32 Å². The van der Waals surface area contributed by atoms with Crippen molar-refractivity contribution in [1.29, 1.82) is 0 Å². The van der Waals surface area contributed by atoms with E-state index in [1.165, 1.54) is 0 Å². The molecule has 0 aliphatic heterocycles. The number of aliphatic carboxylic acids is 1. The van der Waals surface area contributed by atoms with E-state index in [2.05, 4.69) is 5.32 Å². The summed E-state index contributed by atoms with van der Waals surface area (Å²) >= 11 is 0. The fraction of sp³-hybridized carbons (Fsp3) is 0.800. The van der Waals surface area contributed by atoms with Gasteiger partial charge in [0.1, 0.15) is 6.04 Å². The molecular formula is C10H20N2O3. The number of hydrogen-bond acceptors (Lipinski definition) is 3. The lowest BCUT2D eigenvalue weighted by atomic mass is 9.86. The monoisotopic (exact) mass is 216 g/mol. The van der Waals surface area contributed by atoms with E-state index in [1.807, 2.05) is 6.92 Å². The smallest absolute Gasteiger partial charge is 0.326 e. The number of carboxylic acid groups (broad SMARTS) is 1. The molecule has 88 valence electrons. The number of hydrogen-bond donors (Lipinski definition) is 3. The first-order chi connectivity index (χ1) is 6.91. The molecule has 0 heterocycles. The summed E-state index contributed by atoms with van der Waals surface area (Å²) in [5.41, 5.74) is 4.83. The third-order valence-electron chi connectivity index (χ3n) is 2.79. The molecule has 2 unspecified atom stereocenters. The topological polar surface area (TPSA) is 92.4 Å². The van der Waals surface area contributed by atoms with Gasteiger partial charge in [0.2, 0.25) is 5.91 Å². The summed E-state index contributed by atoms with van der Waals surface area (Å²) in [6.45, 7) is 5.52. The van der Waals surface area contributed by atoms with Gasteiger partial charge in [-0.2, -0.15) is 0 Å². The van der Waals surface area contributed by atoms with Crippen LogP contribution in [0.5, 0.6) is 0 Å². The Balaban J connectivity index is 4.52. The van der Waals surface area contributed by atoms with Crippen LogP contribution in [0.25, 0.3) is 0 Å². The van der Waals surface area contributed by atoms with Crippen LogP contribution in [0.15, 0.2) is 0 Å². The van der Waals surface area contributed by atoms with Gasteiger partial charge in [-0.05, 0) is 19.8 Å². The lowest BCUT2D eigenvalue weighted by Gasteiger charge is -2.26. The van der Waals surface area contributed by atoms with Gasteiger partial charge in [-0.15, -0.1) is 0 Å². The molecule has 1 amide bonds. The second-order valence-electron chi connectivity index (χ2n) is 3.89. The molecule has 0 aromatic rings. The molecule has 0 fully saturated rings. The van der Waals surface area contributed by atoms with E-state index in [0.717, 1.165) is 0 Å². The van der Waals surface area contributed by atoms with E-state index in [-0.39, 0.29) is 12.5 Å². The highest BCUT2D eigenvalue weighted by molar-refractivity contribution is 5.87. The quantitative estimate of drug-likeness (QED) is 0.597. The first-order valence-corrected chi connectivity index (χ1v) is 5.15. The Kier molecular flexibility index (Phi) is 5.28. The van der Waals surface area contributed by atoms with Crippen molar-refractivity contribution in [2.24, 2.45) is 11.1 Å². The molecule has 0 saturated heterocycles. The standard InChI is InChI=1S/C10H20N2O3/c1-4-7(8(13)14)12-9(15)10(3,5-2)6-11/h7H,4-6,11H2,1-3H3,(H,12,15)(H,13,14). The normalized spacial score (nSPS) is 16.5. The highest BCUT2D eigenvalue weighted by atomic mass is 16.4. The first-order valence-electron chi connectivity index (χ1n) is 5.15. The Morgan fingerprint density at radius 1 is 1.47 bits per heavy atom. The zero-order valence-electron chi connectivity index (χ0n) is 9.54. The third-order valence-corrected chi connectivity index (χ3v) is 2.79. The maximum absolute atomic E-state index is 11.7. The number of rotatable bonds is 6. The molecular weight excluding hydrogens is 196 g/mol. The molecule has 0 aliphatic rings. The summed E-state index contributed by atoms with van der Waals surface area (Å²) in [6, 6.07) is -0.824. The van der Waals surface area contributed by atoms with Crippen molar-refractivity contribution < 1.29 is 14.7 Å². The summed E-state index contributed by atoms with van der Waals surface area (Å²) in [5, 5.41) is 11.3. The Hall–Kier alpha value is -1.10. The maximum atomic E-state index is 11.7. The molecule has 0 aromatic heterocycles. The summed E-state index contributed by atoms with van der Waals surface area (Å²) < 4.78 is 0. The van der Waals surface area contributed by atoms with E-state index in [1.54, 1.807) is 13.8 Å². The lowest BCUT2D eigenvalue weighted by molar-refractivity contribution is -0.143. The van der Waals surface area contributed by atoms with Crippen molar-refractivity contribution in [3.63, 3.8) is 0 Å². The SMILES string of the molecule is CCC(NC(=O)C(C)(CC)CN)C(=O)O. The largest absolute Gasteiger partial charge is 0.480 e. The number of nitrogens with two attached hydrogens (primary N) is 1. The van der Waals surface area contributed by atoms with Crippen LogP contribution >= 0.6 is 0 Å². The molecule has 5 nitrogen and oxygen atoms in total. The second-order valence-corrected chi connectivity index (χ2v) is 3.89. The fourth-order valence-electron chi connectivity index (χ4n) is 1.07. The van der Waals surface area contributed by atoms with Crippen molar-refractivity contribution in [3.8, 4) is 0 Å². The molecule has 0 spiro atoms. The van der Waals surface area contributed by atoms with Crippen LogP contribution in [0.1, 0.15) is 33.6 Å². The molecule has 2 atom stereocenters. The van der Waals surface area contributed by atoms with Gasteiger partial charge in [-0.1, -0.05) is 13.8 Å². The molecule has 0 aliphatic carbocycles. The van der Waals surface area contributed by atoms with E-state index in [0.29, 0.717) is 12.8 Å². The van der Waals surface area contributed by atoms with Crippen LogP contribution in [-0.2, 0) is 9.59 Å². The Labute approximate surface area is 90.0 Å². The van der Waals surface area contributed by atoms with Gasteiger partial charge in [0.25, 0.3) is 0 Å². The summed E-state index contributed by atoms with van der Waals surface area (Å²) in [4.78, 5) is 22.5. The number of carbonyl (C=O) groups is 2. The molecule has 0 radical (unpaired) electrons. The van der Waals surface area contributed by atoms with Crippen molar-refractivity contribution >= 4 is 11.9 Å². The van der Waals surface area contributed by atoms with Crippen LogP contribution in [0.2, 0.25) is 0 Å². The van der Waals surface area contributed by atoms with Crippen molar-refractivity contribution in [3.05, 3.63) is 0 Å². The van der Waals surface area contributed by atoms with Crippen LogP contribution in [0.4, 0.5) is 0 Å². The Morgan fingerprint density at radius 3 is 2.27 bits per heavy atom. The minimum atomic E-state index is -1.01. The minimum Gasteiger partial charge on any atom is -0.480 e. The van der Waals surface area contributed by atoms with Crippen LogP contribution in [0.3, 0.4) is 0 Å². The highest BCUT2D eigenvalue weighted by Crippen LogP contribution is 2.19. The highest BCUT2D eigenvalue weighted by Gasteiger charge is 2.32. The number of amides is 1. The predicted molar refractivity (Wildman–Crippen MR) is 57.3 cm³/mol. The van der Waals surface area contributed by atoms with Gasteiger partial charge in [0.05, 0.1) is 5.41 Å². The number of carbonyl (C=O) groups excluding carboxylic acids is 1. The summed E-state index contributed by atoms with van der Waals surface area (Å²) in [5.74, 6) is -1.30. The molecule has 0 saturated carbocycles. The molecule has 5 heteroatoms. The Bertz CT molecular complexity index is 237. The zero-order valence-corrected chi connectivity index (χ0v) is 9.54. The van der Waals surface area contributed by atoms with Crippen LogP contribution in [-0.4, -0.2) is 29.6 Å². The average Bonchev–Trinajstić information content (AvgIpc) is 2.23. The molecule has 0 bridgehead atoms. The van der Waals surface area contributed by atoms with E-state index in [9.17, 15) is 9.59 Å². The fourth-order valence-corrected chi connectivity index (χ4v) is 1.07. The molecule has 15 heavy (non-hydrogen) atoms. The van der Waals surface area contributed by atoms with E-state index in [4.69, 9.17) is 10.8 Å². The van der Waals surface area contributed by atoms with Gasteiger partial charge in [-0.3, -0.25) is 4.79 Å². The number of nitrogens with one attached hydrogen (secondary N) is 1. The van der Waals surface area contributed by atoms with Crippen LogP contribution in [0, 0.1) is 5.41 Å². The summed E-state index contributed by atoms with van der Waals surface area (Å²) in [6.07, 6.45) is 0.955. The van der Waals surface area contributed by atoms with Gasteiger partial charge in [0, 0.05) is 6.54 Å². The van der Waals surface area contributed by atoms with Gasteiger partial charge in [-0.25, -0.2) is 4.79 Å². The summed E-state index contributed by atoms with van der Waals surface area (Å²) in [7, 11) is 0. The molecule has 4 N–H and O–H groups in total. The van der Waals surface area contributed by atoms with E-state index >= 15 is 0 Å². The van der Waals surface area contributed by atoms with Gasteiger partial charge in [0.15, 0.2) is 0 Å². The predicted octanol–water partition coefficient (Wildman–Crippen LogP) is 0.341. The van der Waals surface area contributed by atoms with Crippen molar-refractivity contribution in [2.45, 2.75) is 39.7 Å². The second kappa shape index (κ2) is 5.70. The molecule has 0 rings (SSSR count). The Morgan fingerprint density at radius 2 is 2.00 bits per heavy atom. The van der Waals surface area contributed by atoms with Crippen molar-refractivity contribution in [2.75, 3.05) is 6.54 Å². The van der Waals surface area contributed by atoms with Gasteiger partial charge < -0.3 is 16.2 Å². The minimum absolute atomic E-state index is 0.214. The van der Waals surface area contributed by atoms with E-state index < -0.39 is 17.4 Å². The number of carboxylic acids is 1. The first kappa shape index (κ1) is 13.9. The van der Waals surface area contributed by atoms with Gasteiger partial charge >= 0.3 is 5.97 Å². The third kappa shape index (κ3) is 3.51. The average molecular weight is 216 g/mol. The maximum Gasteiger partial charge on any atom is 0.326 e.